The Hall–Kier alpha value is -1.69. The fraction of sp³-hybridized carbons (Fsp3) is 0.350. The first-order valence-electron chi connectivity index (χ1n) is 8.86. The highest BCUT2D eigenvalue weighted by Crippen LogP contribution is 2.48. The standard InChI is InChI=1S/C20H22N2O2S.ClH/c23-20(24)15-8-9-19-17(14-15)22(13-5-12-21-10-3-4-11-21)16-6-1-2-7-18(16)25-19;/h1-2,6-9,14H,3-5,10-13H2,(H,23,24);1H. The Balaban J connectivity index is 0.00000196. The van der Waals surface area contributed by atoms with Crippen LogP contribution in [0.2, 0.25) is 0 Å². The minimum Gasteiger partial charge on any atom is -0.478 e. The maximum atomic E-state index is 11.4. The molecule has 138 valence electrons. The summed E-state index contributed by atoms with van der Waals surface area (Å²) in [7, 11) is 0. The Bertz CT molecular complexity index is 793. The number of para-hydroxylation sites is 1. The SMILES string of the molecule is Cl.O=C(O)c1ccc2c(c1)N(CCCN1CCCC1)c1ccccc1S2. The average Bonchev–Trinajstić information content (AvgIpc) is 3.14. The van der Waals surface area contributed by atoms with Crippen LogP contribution in [0.4, 0.5) is 11.4 Å². The van der Waals surface area contributed by atoms with Crippen molar-refractivity contribution >= 4 is 41.5 Å². The Labute approximate surface area is 164 Å². The summed E-state index contributed by atoms with van der Waals surface area (Å²) in [5, 5.41) is 9.36. The maximum Gasteiger partial charge on any atom is 0.335 e. The summed E-state index contributed by atoms with van der Waals surface area (Å²) in [5.74, 6) is -0.872. The number of likely N-dealkylation sites (tertiary alicyclic amines) is 1. The Morgan fingerprint density at radius 2 is 1.73 bits per heavy atom. The van der Waals surface area contributed by atoms with Crippen molar-refractivity contribution in [2.45, 2.75) is 29.1 Å². The zero-order chi connectivity index (χ0) is 17.2. The van der Waals surface area contributed by atoms with Crippen molar-refractivity contribution in [3.05, 3.63) is 48.0 Å². The molecule has 1 N–H and O–H groups in total. The predicted molar refractivity (Wildman–Crippen MR) is 109 cm³/mol. The van der Waals surface area contributed by atoms with Crippen LogP contribution in [-0.4, -0.2) is 42.2 Å². The quantitative estimate of drug-likeness (QED) is 0.786. The maximum absolute atomic E-state index is 11.4. The van der Waals surface area contributed by atoms with Gasteiger partial charge in [0.05, 0.1) is 16.9 Å². The number of carboxylic acid groups (broad SMARTS) is 1. The highest BCUT2D eigenvalue weighted by atomic mass is 35.5. The normalized spacial score (nSPS) is 15.9. The van der Waals surface area contributed by atoms with Crippen LogP contribution in [0.3, 0.4) is 0 Å². The molecule has 0 radical (unpaired) electrons. The van der Waals surface area contributed by atoms with Gasteiger partial charge in [-0.1, -0.05) is 23.9 Å². The fourth-order valence-electron chi connectivity index (χ4n) is 3.66. The van der Waals surface area contributed by atoms with Gasteiger partial charge in [-0.3, -0.25) is 0 Å². The largest absolute Gasteiger partial charge is 0.478 e. The van der Waals surface area contributed by atoms with Crippen LogP contribution in [-0.2, 0) is 0 Å². The molecule has 6 heteroatoms. The third-order valence-electron chi connectivity index (χ3n) is 4.93. The fourth-order valence-corrected chi connectivity index (χ4v) is 4.74. The number of fused-ring (bicyclic) bond motifs is 2. The molecule has 26 heavy (non-hydrogen) atoms. The molecule has 2 aliphatic heterocycles. The van der Waals surface area contributed by atoms with Crippen molar-refractivity contribution in [3.8, 4) is 0 Å². The van der Waals surface area contributed by atoms with Gasteiger partial charge < -0.3 is 14.9 Å². The Kier molecular flexibility index (Phi) is 6.12. The zero-order valence-corrected chi connectivity index (χ0v) is 16.2. The molecule has 0 amide bonds. The zero-order valence-electron chi connectivity index (χ0n) is 14.6. The predicted octanol–water partition coefficient (Wildman–Crippen LogP) is 4.90. The number of nitrogens with zero attached hydrogens (tertiary/aromatic N) is 2. The van der Waals surface area contributed by atoms with Gasteiger partial charge in [0.1, 0.15) is 0 Å². The number of halogens is 1. The van der Waals surface area contributed by atoms with Crippen LogP contribution in [0, 0.1) is 0 Å². The molecule has 1 fully saturated rings. The van der Waals surface area contributed by atoms with E-state index in [4.69, 9.17) is 0 Å². The molecule has 2 aliphatic rings. The van der Waals surface area contributed by atoms with Crippen molar-refractivity contribution in [2.75, 3.05) is 31.1 Å². The van der Waals surface area contributed by atoms with Crippen molar-refractivity contribution in [1.82, 2.24) is 4.90 Å². The van der Waals surface area contributed by atoms with Crippen molar-refractivity contribution < 1.29 is 9.90 Å². The molecule has 1 saturated heterocycles. The summed E-state index contributed by atoms with van der Waals surface area (Å²) in [6.07, 6.45) is 3.71. The van der Waals surface area contributed by atoms with Gasteiger partial charge in [0.2, 0.25) is 0 Å². The third-order valence-corrected chi connectivity index (χ3v) is 6.06. The lowest BCUT2D eigenvalue weighted by Gasteiger charge is -2.33. The number of carboxylic acids is 1. The van der Waals surface area contributed by atoms with E-state index in [1.807, 2.05) is 12.1 Å². The van der Waals surface area contributed by atoms with Gasteiger partial charge in [-0.25, -0.2) is 4.79 Å². The van der Waals surface area contributed by atoms with E-state index in [2.05, 4.69) is 34.1 Å². The van der Waals surface area contributed by atoms with Crippen molar-refractivity contribution in [1.29, 1.82) is 0 Å². The highest BCUT2D eigenvalue weighted by molar-refractivity contribution is 7.99. The summed E-state index contributed by atoms with van der Waals surface area (Å²) in [6.45, 7) is 4.45. The first-order valence-corrected chi connectivity index (χ1v) is 9.68. The number of rotatable bonds is 5. The first-order chi connectivity index (χ1) is 12.2. The summed E-state index contributed by atoms with van der Waals surface area (Å²) in [5.41, 5.74) is 2.55. The topological polar surface area (TPSA) is 43.8 Å². The number of hydrogen-bond donors (Lipinski definition) is 1. The van der Waals surface area contributed by atoms with Crippen LogP contribution in [0.25, 0.3) is 0 Å². The van der Waals surface area contributed by atoms with Crippen LogP contribution in [0.15, 0.2) is 52.3 Å². The number of anilines is 2. The number of carbonyl (C=O) groups is 1. The molecule has 0 aromatic heterocycles. The molecule has 4 rings (SSSR count). The number of hydrogen-bond acceptors (Lipinski definition) is 4. The average molecular weight is 391 g/mol. The van der Waals surface area contributed by atoms with E-state index >= 15 is 0 Å². The van der Waals surface area contributed by atoms with Gasteiger partial charge in [0.15, 0.2) is 0 Å². The van der Waals surface area contributed by atoms with E-state index in [-0.39, 0.29) is 12.4 Å². The smallest absolute Gasteiger partial charge is 0.335 e. The minimum absolute atomic E-state index is 0. The second kappa shape index (κ2) is 8.33. The lowest BCUT2D eigenvalue weighted by Crippen LogP contribution is -2.27. The first kappa shape index (κ1) is 19.1. The van der Waals surface area contributed by atoms with Crippen LogP contribution < -0.4 is 4.90 Å². The van der Waals surface area contributed by atoms with E-state index in [1.54, 1.807) is 17.8 Å². The van der Waals surface area contributed by atoms with Crippen molar-refractivity contribution in [2.24, 2.45) is 0 Å². The van der Waals surface area contributed by atoms with Gasteiger partial charge in [-0.15, -0.1) is 12.4 Å². The molecular weight excluding hydrogens is 368 g/mol. The number of benzene rings is 2. The summed E-state index contributed by atoms with van der Waals surface area (Å²) in [6, 6.07) is 13.8. The Morgan fingerprint density at radius 1 is 1.00 bits per heavy atom. The molecular formula is C20H23ClN2O2S. The molecule has 2 heterocycles. The van der Waals surface area contributed by atoms with E-state index in [1.165, 1.54) is 36.5 Å². The molecule has 0 unspecified atom stereocenters. The second-order valence-corrected chi connectivity index (χ2v) is 7.70. The van der Waals surface area contributed by atoms with Gasteiger partial charge in [0.25, 0.3) is 0 Å². The van der Waals surface area contributed by atoms with Gasteiger partial charge >= 0.3 is 5.97 Å². The molecule has 0 bridgehead atoms. The highest BCUT2D eigenvalue weighted by Gasteiger charge is 2.24. The van der Waals surface area contributed by atoms with E-state index in [0.29, 0.717) is 5.56 Å². The Morgan fingerprint density at radius 3 is 2.50 bits per heavy atom. The monoisotopic (exact) mass is 390 g/mol. The second-order valence-electron chi connectivity index (χ2n) is 6.61. The van der Waals surface area contributed by atoms with Crippen LogP contribution in [0.1, 0.15) is 29.6 Å². The summed E-state index contributed by atoms with van der Waals surface area (Å²) in [4.78, 5) is 18.6. The summed E-state index contributed by atoms with van der Waals surface area (Å²) >= 11 is 1.72. The molecule has 0 aliphatic carbocycles. The molecule has 4 nitrogen and oxygen atoms in total. The van der Waals surface area contributed by atoms with E-state index in [9.17, 15) is 9.90 Å². The molecule has 2 aromatic rings. The van der Waals surface area contributed by atoms with Crippen LogP contribution >= 0.6 is 24.2 Å². The van der Waals surface area contributed by atoms with Gasteiger partial charge in [0, 0.05) is 16.3 Å². The van der Waals surface area contributed by atoms with Gasteiger partial charge in [-0.2, -0.15) is 0 Å². The number of aromatic carboxylic acids is 1. The van der Waals surface area contributed by atoms with E-state index in [0.717, 1.165) is 30.1 Å². The third kappa shape index (κ3) is 3.85. The molecule has 0 saturated carbocycles. The minimum atomic E-state index is -0.872. The van der Waals surface area contributed by atoms with Crippen molar-refractivity contribution in [3.63, 3.8) is 0 Å². The summed E-state index contributed by atoms with van der Waals surface area (Å²) < 4.78 is 0. The molecule has 0 atom stereocenters. The lowest BCUT2D eigenvalue weighted by molar-refractivity contribution is 0.0697. The van der Waals surface area contributed by atoms with E-state index < -0.39 is 5.97 Å². The van der Waals surface area contributed by atoms with Crippen LogP contribution in [0.5, 0.6) is 0 Å². The lowest BCUT2D eigenvalue weighted by atomic mass is 10.1. The van der Waals surface area contributed by atoms with Gasteiger partial charge in [-0.05, 0) is 69.2 Å². The molecule has 2 aromatic carbocycles. The molecule has 0 spiro atoms.